The molecule has 0 spiro atoms. The zero-order valence-corrected chi connectivity index (χ0v) is 13.6. The van der Waals surface area contributed by atoms with Crippen LogP contribution in [0.25, 0.3) is 0 Å². The van der Waals surface area contributed by atoms with Gasteiger partial charge in [0, 0.05) is 12.6 Å². The Morgan fingerprint density at radius 2 is 2.14 bits per heavy atom. The molecule has 22 heavy (non-hydrogen) atoms. The molecule has 1 heterocycles. The van der Waals surface area contributed by atoms with Crippen LogP contribution in [0.1, 0.15) is 58.4 Å². The van der Waals surface area contributed by atoms with E-state index >= 15 is 0 Å². The lowest BCUT2D eigenvalue weighted by Gasteiger charge is -2.24. The van der Waals surface area contributed by atoms with Gasteiger partial charge in [-0.3, -0.25) is 5.32 Å². The standard InChI is InChI=1S/C16H28N4O2/c1-12(2)14(21)8-10-17-16(22)19-15-9-11-18-20(15)13-6-4-3-5-7-13/h9,11-14,21H,3-8,10H2,1-2H3,(H2,17,19,22). The van der Waals surface area contributed by atoms with Gasteiger partial charge in [0.15, 0.2) is 0 Å². The van der Waals surface area contributed by atoms with Crippen molar-refractivity contribution in [3.63, 3.8) is 0 Å². The average Bonchev–Trinajstić information content (AvgIpc) is 2.96. The molecule has 2 rings (SSSR count). The average molecular weight is 308 g/mol. The van der Waals surface area contributed by atoms with Gasteiger partial charge in [0.2, 0.25) is 0 Å². The molecule has 1 atom stereocenters. The summed E-state index contributed by atoms with van der Waals surface area (Å²) in [7, 11) is 0. The molecule has 124 valence electrons. The molecule has 1 aromatic rings. The first-order valence-corrected chi connectivity index (χ1v) is 8.34. The summed E-state index contributed by atoms with van der Waals surface area (Å²) in [6.07, 6.45) is 7.90. The van der Waals surface area contributed by atoms with Crippen LogP contribution in [0, 0.1) is 5.92 Å². The van der Waals surface area contributed by atoms with E-state index in [1.54, 1.807) is 6.20 Å². The number of aliphatic hydroxyl groups excluding tert-OH is 1. The number of carbonyl (C=O) groups is 1. The Morgan fingerprint density at radius 1 is 1.41 bits per heavy atom. The maximum absolute atomic E-state index is 12.0. The molecule has 1 aliphatic rings. The highest BCUT2D eigenvalue weighted by atomic mass is 16.3. The number of anilines is 1. The predicted molar refractivity (Wildman–Crippen MR) is 86.8 cm³/mol. The quantitative estimate of drug-likeness (QED) is 0.756. The maximum Gasteiger partial charge on any atom is 0.320 e. The van der Waals surface area contributed by atoms with Gasteiger partial charge in [-0.05, 0) is 25.2 Å². The topological polar surface area (TPSA) is 79.2 Å². The van der Waals surface area contributed by atoms with E-state index in [0.717, 1.165) is 18.7 Å². The molecule has 0 bridgehead atoms. The lowest BCUT2D eigenvalue weighted by Crippen LogP contribution is -2.33. The van der Waals surface area contributed by atoms with Gasteiger partial charge in [-0.1, -0.05) is 33.1 Å². The van der Waals surface area contributed by atoms with Crippen molar-refractivity contribution in [1.82, 2.24) is 15.1 Å². The van der Waals surface area contributed by atoms with E-state index in [1.165, 1.54) is 19.3 Å². The molecule has 2 amide bonds. The first kappa shape index (κ1) is 16.8. The second-order valence-corrected chi connectivity index (χ2v) is 6.43. The van der Waals surface area contributed by atoms with E-state index in [0.29, 0.717) is 19.0 Å². The van der Waals surface area contributed by atoms with E-state index in [-0.39, 0.29) is 18.1 Å². The van der Waals surface area contributed by atoms with E-state index < -0.39 is 0 Å². The fourth-order valence-corrected chi connectivity index (χ4v) is 2.86. The Kier molecular flexibility index (Phi) is 6.24. The molecule has 6 heteroatoms. The highest BCUT2D eigenvalue weighted by molar-refractivity contribution is 5.88. The van der Waals surface area contributed by atoms with E-state index in [9.17, 15) is 9.90 Å². The highest BCUT2D eigenvalue weighted by Gasteiger charge is 2.19. The van der Waals surface area contributed by atoms with Crippen molar-refractivity contribution in [2.45, 2.75) is 64.5 Å². The molecule has 1 unspecified atom stereocenters. The minimum atomic E-state index is -0.381. The molecule has 6 nitrogen and oxygen atoms in total. The number of nitrogens with one attached hydrogen (secondary N) is 2. The third-order valence-corrected chi connectivity index (χ3v) is 4.33. The molecule has 1 aromatic heterocycles. The Bertz CT molecular complexity index is 466. The Balaban J connectivity index is 1.80. The number of amides is 2. The highest BCUT2D eigenvalue weighted by Crippen LogP contribution is 2.29. The van der Waals surface area contributed by atoms with Crippen molar-refractivity contribution < 1.29 is 9.90 Å². The number of aliphatic hydroxyl groups is 1. The van der Waals surface area contributed by atoms with Gasteiger partial charge >= 0.3 is 6.03 Å². The molecule has 0 aromatic carbocycles. The monoisotopic (exact) mass is 308 g/mol. The van der Waals surface area contributed by atoms with Crippen molar-refractivity contribution in [3.05, 3.63) is 12.3 Å². The third-order valence-electron chi connectivity index (χ3n) is 4.33. The van der Waals surface area contributed by atoms with Crippen LogP contribution in [0.2, 0.25) is 0 Å². The van der Waals surface area contributed by atoms with Gasteiger partial charge in [-0.15, -0.1) is 0 Å². The normalized spacial score (nSPS) is 17.5. The van der Waals surface area contributed by atoms with E-state index in [1.807, 2.05) is 24.6 Å². The molecule has 3 N–H and O–H groups in total. The smallest absolute Gasteiger partial charge is 0.320 e. The van der Waals surface area contributed by atoms with Crippen molar-refractivity contribution in [1.29, 1.82) is 0 Å². The molecule has 1 fully saturated rings. The molecule has 0 saturated heterocycles. The summed E-state index contributed by atoms with van der Waals surface area (Å²) in [6, 6.07) is 1.98. The SMILES string of the molecule is CC(C)C(O)CCNC(=O)Nc1ccnn1C1CCCCC1. The molecular weight excluding hydrogens is 280 g/mol. The van der Waals surface area contributed by atoms with E-state index in [4.69, 9.17) is 0 Å². The van der Waals surface area contributed by atoms with Gasteiger partial charge in [0.05, 0.1) is 18.3 Å². The summed E-state index contributed by atoms with van der Waals surface area (Å²) in [5.74, 6) is 0.950. The molecular formula is C16H28N4O2. The summed E-state index contributed by atoms with van der Waals surface area (Å²) in [4.78, 5) is 12.0. The molecule has 0 radical (unpaired) electrons. The number of carbonyl (C=O) groups excluding carboxylic acids is 1. The summed E-state index contributed by atoms with van der Waals surface area (Å²) in [5, 5.41) is 19.7. The van der Waals surface area contributed by atoms with Gasteiger partial charge in [0.25, 0.3) is 0 Å². The van der Waals surface area contributed by atoms with Crippen LogP contribution in [0.3, 0.4) is 0 Å². The van der Waals surface area contributed by atoms with Gasteiger partial charge in [-0.25, -0.2) is 9.48 Å². The zero-order valence-electron chi connectivity index (χ0n) is 13.6. The molecule has 0 aliphatic heterocycles. The predicted octanol–water partition coefficient (Wildman–Crippen LogP) is 2.92. The van der Waals surface area contributed by atoms with Crippen molar-refractivity contribution >= 4 is 11.8 Å². The van der Waals surface area contributed by atoms with Crippen LogP contribution in [-0.2, 0) is 0 Å². The summed E-state index contributed by atoms with van der Waals surface area (Å²) in [5.41, 5.74) is 0. The third kappa shape index (κ3) is 4.73. The lowest BCUT2D eigenvalue weighted by atomic mass is 9.96. The number of urea groups is 1. The van der Waals surface area contributed by atoms with Crippen molar-refractivity contribution in [2.24, 2.45) is 5.92 Å². The second kappa shape index (κ2) is 8.17. The summed E-state index contributed by atoms with van der Waals surface area (Å²) >= 11 is 0. The number of rotatable bonds is 6. The number of aromatic nitrogens is 2. The summed E-state index contributed by atoms with van der Waals surface area (Å²) < 4.78 is 1.93. The van der Waals surface area contributed by atoms with Gasteiger partial charge in [-0.2, -0.15) is 5.10 Å². The summed E-state index contributed by atoms with van der Waals surface area (Å²) in [6.45, 7) is 4.39. The van der Waals surface area contributed by atoms with Crippen LogP contribution in [0.5, 0.6) is 0 Å². The maximum atomic E-state index is 12.0. The Morgan fingerprint density at radius 3 is 2.82 bits per heavy atom. The fraction of sp³-hybridized carbons (Fsp3) is 0.750. The van der Waals surface area contributed by atoms with Crippen LogP contribution in [0.15, 0.2) is 12.3 Å². The number of hydrogen-bond donors (Lipinski definition) is 3. The van der Waals surface area contributed by atoms with Crippen LogP contribution in [0.4, 0.5) is 10.6 Å². The Hall–Kier alpha value is -1.56. The van der Waals surface area contributed by atoms with Crippen LogP contribution >= 0.6 is 0 Å². The van der Waals surface area contributed by atoms with Crippen LogP contribution < -0.4 is 10.6 Å². The fourth-order valence-electron chi connectivity index (χ4n) is 2.86. The van der Waals surface area contributed by atoms with Crippen LogP contribution in [-0.4, -0.2) is 33.6 Å². The number of nitrogens with zero attached hydrogens (tertiary/aromatic N) is 2. The first-order valence-electron chi connectivity index (χ1n) is 8.34. The van der Waals surface area contributed by atoms with Gasteiger partial charge < -0.3 is 10.4 Å². The minimum Gasteiger partial charge on any atom is -0.393 e. The van der Waals surface area contributed by atoms with Crippen molar-refractivity contribution in [2.75, 3.05) is 11.9 Å². The van der Waals surface area contributed by atoms with Crippen molar-refractivity contribution in [3.8, 4) is 0 Å². The molecule has 1 aliphatic carbocycles. The Labute approximate surface area is 132 Å². The lowest BCUT2D eigenvalue weighted by molar-refractivity contribution is 0.117. The largest absolute Gasteiger partial charge is 0.393 e. The van der Waals surface area contributed by atoms with E-state index in [2.05, 4.69) is 15.7 Å². The minimum absolute atomic E-state index is 0.206. The number of hydrogen-bond acceptors (Lipinski definition) is 3. The molecule has 1 saturated carbocycles. The second-order valence-electron chi connectivity index (χ2n) is 6.43. The zero-order chi connectivity index (χ0) is 15.9. The first-order chi connectivity index (χ1) is 10.6. The van der Waals surface area contributed by atoms with Gasteiger partial charge in [0.1, 0.15) is 5.82 Å².